The van der Waals surface area contributed by atoms with Crippen molar-refractivity contribution < 1.29 is 45.0 Å². The second-order valence-corrected chi connectivity index (χ2v) is 10.4. The topological polar surface area (TPSA) is 202 Å². The third kappa shape index (κ3) is 9.69. The maximum atomic E-state index is 12.3. The molecule has 0 bridgehead atoms. The Morgan fingerprint density at radius 3 is 2.41 bits per heavy atom. The Morgan fingerprint density at radius 2 is 1.79 bits per heavy atom. The minimum atomic E-state index is -4.25. The van der Waals surface area contributed by atoms with Crippen molar-refractivity contribution in [3.8, 4) is 0 Å². The van der Waals surface area contributed by atoms with Gasteiger partial charge in [0, 0.05) is 12.6 Å². The van der Waals surface area contributed by atoms with Crippen molar-refractivity contribution in [2.45, 2.75) is 11.8 Å². The van der Waals surface area contributed by atoms with Crippen LogP contribution in [0.5, 0.6) is 0 Å². The van der Waals surface area contributed by atoms with E-state index in [2.05, 4.69) is 30.2 Å². The molecule has 2 rings (SSSR count). The predicted octanol–water partition coefficient (Wildman–Crippen LogP) is 3.09. The number of hydrogen-bond acceptors (Lipinski definition) is 13. The summed E-state index contributed by atoms with van der Waals surface area (Å²) < 4.78 is 63.9. The Morgan fingerprint density at radius 1 is 1.09 bits per heavy atom. The molecule has 0 aromatic heterocycles. The number of azo groups is 1. The van der Waals surface area contributed by atoms with Gasteiger partial charge in [-0.3, -0.25) is 13.5 Å². The molecule has 2 aromatic rings. The van der Waals surface area contributed by atoms with Gasteiger partial charge >= 0.3 is 0 Å². The molecule has 14 nitrogen and oxygen atoms in total. The minimum Gasteiger partial charge on any atom is -0.370 e. The van der Waals surface area contributed by atoms with Crippen LogP contribution in [0.25, 0.3) is 0 Å². The van der Waals surface area contributed by atoms with Gasteiger partial charge in [0.05, 0.1) is 28.6 Å². The molecule has 0 atom stereocenters. The second-order valence-electron chi connectivity index (χ2n) is 6.36. The summed E-state index contributed by atoms with van der Waals surface area (Å²) in [5, 5.41) is 24.3. The molecule has 1 amide bonds. The van der Waals surface area contributed by atoms with E-state index in [4.69, 9.17) is 14.0 Å². The van der Waals surface area contributed by atoms with Crippen molar-refractivity contribution in [3.05, 3.63) is 42.5 Å². The van der Waals surface area contributed by atoms with Gasteiger partial charge in [0.15, 0.2) is 22.2 Å². The molecule has 186 valence electrons. The number of sulfone groups is 1. The van der Waals surface area contributed by atoms with E-state index >= 15 is 0 Å². The standard InChI is InChI=1S/C17H20N4O10S3/c1-12(22)19-17-10-14(18-11-34(26,27)28)4-7-16(17)21-20-13-2-5-15(6-3-13)33(24,25)9-8-29-32-31-30-23/h2-7,10,18,23H,8-9,11H2,1H3,(H,19,22)(H,26,27,28)/b21-20+. The number of rotatable bonds is 13. The van der Waals surface area contributed by atoms with E-state index in [1.807, 2.05) is 0 Å². The lowest BCUT2D eigenvalue weighted by atomic mass is 10.2. The maximum Gasteiger partial charge on any atom is 0.283 e. The minimum absolute atomic E-state index is 0.0209. The number of benzene rings is 2. The van der Waals surface area contributed by atoms with Gasteiger partial charge in [-0.25, -0.2) is 13.7 Å². The molecule has 0 aliphatic heterocycles. The van der Waals surface area contributed by atoms with E-state index in [9.17, 15) is 21.6 Å². The fourth-order valence-corrected chi connectivity index (χ4v) is 4.12. The monoisotopic (exact) mass is 536 g/mol. The SMILES string of the molecule is CC(=O)Nc1cc(NCS(=O)(=O)O)ccc1/N=N/c1ccc(S(=O)(=O)CCOSOOO)cc1. The number of nitrogens with zero attached hydrogens (tertiary/aromatic N) is 2. The van der Waals surface area contributed by atoms with Crippen LogP contribution in [0.4, 0.5) is 22.7 Å². The summed E-state index contributed by atoms with van der Waals surface area (Å²) in [6.45, 7) is 1.05. The average molecular weight is 537 g/mol. The summed E-state index contributed by atoms with van der Waals surface area (Å²) in [6, 6.07) is 9.86. The average Bonchev–Trinajstić information content (AvgIpc) is 2.76. The van der Waals surface area contributed by atoms with Crippen molar-refractivity contribution in [3.63, 3.8) is 0 Å². The Balaban J connectivity index is 2.12. The number of carbonyl (C=O) groups is 1. The van der Waals surface area contributed by atoms with Crippen molar-refractivity contribution in [1.29, 1.82) is 0 Å². The van der Waals surface area contributed by atoms with E-state index in [-0.39, 0.29) is 41.0 Å². The Bertz CT molecular complexity index is 1220. The number of amides is 1. The first-order valence-corrected chi connectivity index (χ1v) is 13.0. The summed E-state index contributed by atoms with van der Waals surface area (Å²) in [5.41, 5.74) is 1.09. The molecule has 0 aliphatic carbocycles. The fourth-order valence-electron chi connectivity index (χ4n) is 2.36. The highest BCUT2D eigenvalue weighted by molar-refractivity contribution is 7.91. The smallest absolute Gasteiger partial charge is 0.283 e. The van der Waals surface area contributed by atoms with Crippen molar-refractivity contribution in [1.82, 2.24) is 0 Å². The molecule has 17 heteroatoms. The third-order valence-electron chi connectivity index (χ3n) is 3.78. The maximum absolute atomic E-state index is 12.3. The molecule has 2 aromatic carbocycles. The van der Waals surface area contributed by atoms with Crippen LogP contribution < -0.4 is 10.6 Å². The zero-order valence-corrected chi connectivity index (χ0v) is 19.9. The van der Waals surface area contributed by atoms with Crippen molar-refractivity contribution >= 4 is 60.9 Å². The first kappa shape index (κ1) is 27.6. The van der Waals surface area contributed by atoms with E-state index in [0.717, 1.165) is 0 Å². The molecule has 0 aliphatic rings. The van der Waals surface area contributed by atoms with Crippen LogP contribution in [0.2, 0.25) is 0 Å². The fraction of sp³-hybridized carbons (Fsp3) is 0.235. The molecule has 4 N–H and O–H groups in total. The first-order chi connectivity index (χ1) is 16.0. The summed E-state index contributed by atoms with van der Waals surface area (Å²) in [6.07, 6.45) is 0. The molecule has 0 saturated heterocycles. The van der Waals surface area contributed by atoms with Crippen molar-refractivity contribution in [2.75, 3.05) is 28.9 Å². The van der Waals surface area contributed by atoms with Crippen LogP contribution in [-0.2, 0) is 38.3 Å². The number of carbonyl (C=O) groups excluding carboxylic acids is 1. The van der Waals surface area contributed by atoms with Gasteiger partial charge in [0.1, 0.15) is 11.6 Å². The Hall–Kier alpha value is -2.64. The largest absolute Gasteiger partial charge is 0.370 e. The quantitative estimate of drug-likeness (QED) is 0.0728. The van der Waals surface area contributed by atoms with Crippen LogP contribution in [0, 0.1) is 0 Å². The lowest BCUT2D eigenvalue weighted by Crippen LogP contribution is -2.13. The van der Waals surface area contributed by atoms with Gasteiger partial charge in [-0.1, -0.05) is 5.04 Å². The summed E-state index contributed by atoms with van der Waals surface area (Å²) in [4.78, 5) is 11.5. The molecule has 0 saturated carbocycles. The third-order valence-corrected chi connectivity index (χ3v) is 6.36. The van der Waals surface area contributed by atoms with Gasteiger partial charge in [-0.15, -0.1) is 9.45 Å². The number of hydrogen-bond donors (Lipinski definition) is 4. The van der Waals surface area contributed by atoms with Crippen LogP contribution >= 0.6 is 12.3 Å². The number of anilines is 2. The molecule has 0 heterocycles. The number of nitrogens with one attached hydrogen (secondary N) is 2. The van der Waals surface area contributed by atoms with Crippen LogP contribution in [0.1, 0.15) is 6.92 Å². The van der Waals surface area contributed by atoms with Crippen molar-refractivity contribution in [2.24, 2.45) is 10.2 Å². The molecule has 34 heavy (non-hydrogen) atoms. The van der Waals surface area contributed by atoms with Gasteiger partial charge in [0.2, 0.25) is 5.91 Å². The van der Waals surface area contributed by atoms with Crippen LogP contribution in [0.15, 0.2) is 57.6 Å². The Kier molecular flexibility index (Phi) is 10.3. The molecule has 0 radical (unpaired) electrons. The van der Waals surface area contributed by atoms with Gasteiger partial charge in [0.25, 0.3) is 10.1 Å². The zero-order chi connectivity index (χ0) is 25.2. The van der Waals surface area contributed by atoms with Crippen LogP contribution in [0.3, 0.4) is 0 Å². The first-order valence-electron chi connectivity index (χ1n) is 9.12. The highest BCUT2D eigenvalue weighted by Crippen LogP contribution is 2.30. The highest BCUT2D eigenvalue weighted by Gasteiger charge is 2.15. The normalized spacial score (nSPS) is 12.1. The summed E-state index contributed by atoms with van der Waals surface area (Å²) in [5.74, 6) is -1.48. The highest BCUT2D eigenvalue weighted by atomic mass is 32.2. The van der Waals surface area contributed by atoms with E-state index in [0.29, 0.717) is 11.4 Å². The van der Waals surface area contributed by atoms with Crippen LogP contribution in [-0.4, -0.2) is 50.8 Å². The van der Waals surface area contributed by atoms with Gasteiger partial charge < -0.3 is 10.6 Å². The zero-order valence-electron chi connectivity index (χ0n) is 17.4. The molecule has 0 unspecified atom stereocenters. The lowest BCUT2D eigenvalue weighted by Gasteiger charge is -2.10. The molecular formula is C17H20N4O10S3. The molecular weight excluding hydrogens is 516 g/mol. The lowest BCUT2D eigenvalue weighted by molar-refractivity contribution is -0.434. The predicted molar refractivity (Wildman–Crippen MR) is 122 cm³/mol. The molecule has 0 spiro atoms. The molecule has 0 fully saturated rings. The second kappa shape index (κ2) is 12.7. The van der Waals surface area contributed by atoms with E-state index < -0.39 is 31.7 Å². The Labute approximate surface area is 199 Å². The summed E-state index contributed by atoms with van der Waals surface area (Å²) in [7, 11) is -7.91. The van der Waals surface area contributed by atoms with Gasteiger partial charge in [-0.2, -0.15) is 13.5 Å². The summed E-state index contributed by atoms with van der Waals surface area (Å²) >= 11 is 0.273. The van der Waals surface area contributed by atoms with Gasteiger partial charge in [-0.05, 0) is 42.5 Å². The van der Waals surface area contributed by atoms with E-state index in [1.54, 1.807) is 0 Å². The van der Waals surface area contributed by atoms with E-state index in [1.165, 1.54) is 49.4 Å².